The molecule has 2 rings (SSSR count). The Bertz CT molecular complexity index is 385. The van der Waals surface area contributed by atoms with Crippen molar-refractivity contribution >= 4 is 5.91 Å². The maximum atomic E-state index is 11.9. The number of hydrogen-bond donors (Lipinski definition) is 2. The lowest BCUT2D eigenvalue weighted by molar-refractivity contribution is -0.122. The highest BCUT2D eigenvalue weighted by molar-refractivity contribution is 5.84. The van der Waals surface area contributed by atoms with Gasteiger partial charge in [0.25, 0.3) is 0 Å². The molecule has 0 radical (unpaired) electrons. The normalized spacial score (nSPS) is 19.2. The van der Waals surface area contributed by atoms with Gasteiger partial charge in [-0.25, -0.2) is 0 Å². The van der Waals surface area contributed by atoms with Gasteiger partial charge in [0.15, 0.2) is 0 Å². The van der Waals surface area contributed by atoms with Crippen LogP contribution < -0.4 is 10.6 Å². The monoisotopic (exact) mass is 222 g/mol. The average molecular weight is 222 g/mol. The van der Waals surface area contributed by atoms with Crippen molar-refractivity contribution in [2.24, 2.45) is 7.05 Å². The summed E-state index contributed by atoms with van der Waals surface area (Å²) in [5.74, 6) is -0.0644. The maximum absolute atomic E-state index is 11.9. The largest absolute Gasteiger partial charge is 0.355 e. The van der Waals surface area contributed by atoms with Crippen LogP contribution in [0.2, 0.25) is 0 Å². The average Bonchev–Trinajstić information content (AvgIpc) is 2.65. The second-order valence-electron chi connectivity index (χ2n) is 4.19. The van der Waals surface area contributed by atoms with Crippen LogP contribution in [0.5, 0.6) is 0 Å². The molecule has 1 aliphatic heterocycles. The first kappa shape index (κ1) is 11.1. The Morgan fingerprint density at radius 3 is 3.31 bits per heavy atom. The lowest BCUT2D eigenvalue weighted by Gasteiger charge is -2.21. The van der Waals surface area contributed by atoms with Crippen LogP contribution in [0.4, 0.5) is 0 Å². The van der Waals surface area contributed by atoms with Gasteiger partial charge in [-0.2, -0.15) is 5.10 Å². The molecule has 1 aliphatic rings. The second kappa shape index (κ2) is 4.65. The highest BCUT2D eigenvalue weighted by Gasteiger charge is 2.28. The van der Waals surface area contributed by atoms with Crippen molar-refractivity contribution in [1.82, 2.24) is 20.4 Å². The van der Waals surface area contributed by atoms with Crippen molar-refractivity contribution in [2.45, 2.75) is 25.8 Å². The van der Waals surface area contributed by atoms with Gasteiger partial charge in [0.2, 0.25) is 5.91 Å². The Morgan fingerprint density at radius 1 is 1.75 bits per heavy atom. The molecule has 88 valence electrons. The van der Waals surface area contributed by atoms with Crippen molar-refractivity contribution < 1.29 is 4.79 Å². The summed E-state index contributed by atoms with van der Waals surface area (Å²) in [4.78, 5) is 11.9. The van der Waals surface area contributed by atoms with Crippen molar-refractivity contribution in [1.29, 1.82) is 0 Å². The molecule has 0 saturated carbocycles. The van der Waals surface area contributed by atoms with Crippen LogP contribution in [0.3, 0.4) is 0 Å². The Morgan fingerprint density at radius 2 is 2.56 bits per heavy atom. The number of nitrogens with zero attached hydrogens (tertiary/aromatic N) is 2. The van der Waals surface area contributed by atoms with Crippen molar-refractivity contribution in [3.8, 4) is 0 Å². The van der Waals surface area contributed by atoms with Crippen molar-refractivity contribution in [2.75, 3.05) is 13.1 Å². The molecule has 1 atom stereocenters. The molecule has 2 heterocycles. The number of amides is 1. The fraction of sp³-hybridized carbons (Fsp3) is 0.636. The first-order valence-electron chi connectivity index (χ1n) is 5.73. The third-order valence-corrected chi connectivity index (χ3v) is 2.80. The SMILES string of the molecule is CCCNC(=O)C1CNCc2cn(C)nc21. The smallest absolute Gasteiger partial charge is 0.230 e. The second-order valence-corrected chi connectivity index (χ2v) is 4.19. The summed E-state index contributed by atoms with van der Waals surface area (Å²) in [5.41, 5.74) is 2.06. The molecule has 0 aliphatic carbocycles. The van der Waals surface area contributed by atoms with Crippen LogP contribution in [0.1, 0.15) is 30.5 Å². The Hall–Kier alpha value is -1.36. The van der Waals surface area contributed by atoms with Crippen LogP contribution in [0.25, 0.3) is 0 Å². The topological polar surface area (TPSA) is 59.0 Å². The zero-order valence-corrected chi connectivity index (χ0v) is 9.79. The fourth-order valence-corrected chi connectivity index (χ4v) is 2.02. The molecular formula is C11H18N4O. The number of carbonyl (C=O) groups excluding carboxylic acids is 1. The van der Waals surface area contributed by atoms with Gasteiger partial charge in [-0.15, -0.1) is 0 Å². The molecule has 5 nitrogen and oxygen atoms in total. The van der Waals surface area contributed by atoms with Gasteiger partial charge in [-0.1, -0.05) is 6.92 Å². The van der Waals surface area contributed by atoms with E-state index in [1.807, 2.05) is 20.2 Å². The zero-order valence-electron chi connectivity index (χ0n) is 9.79. The van der Waals surface area contributed by atoms with E-state index in [1.54, 1.807) is 4.68 Å². The van der Waals surface area contributed by atoms with Gasteiger partial charge in [-0.05, 0) is 6.42 Å². The molecule has 1 amide bonds. The van der Waals surface area contributed by atoms with Gasteiger partial charge in [0, 0.05) is 38.4 Å². The van der Waals surface area contributed by atoms with Crippen molar-refractivity contribution in [3.05, 3.63) is 17.5 Å². The van der Waals surface area contributed by atoms with Gasteiger partial charge in [0.1, 0.15) is 0 Å². The molecule has 2 N–H and O–H groups in total. The number of rotatable bonds is 3. The van der Waals surface area contributed by atoms with Crippen LogP contribution in [-0.2, 0) is 18.4 Å². The van der Waals surface area contributed by atoms with Gasteiger partial charge < -0.3 is 10.6 Å². The minimum Gasteiger partial charge on any atom is -0.355 e. The molecule has 16 heavy (non-hydrogen) atoms. The van der Waals surface area contributed by atoms with E-state index in [4.69, 9.17) is 0 Å². The summed E-state index contributed by atoms with van der Waals surface area (Å²) in [5, 5.41) is 10.5. The number of aromatic nitrogens is 2. The van der Waals surface area contributed by atoms with E-state index in [0.29, 0.717) is 6.54 Å². The first-order chi connectivity index (χ1) is 7.72. The number of nitrogens with one attached hydrogen (secondary N) is 2. The molecule has 1 aromatic heterocycles. The van der Waals surface area contributed by atoms with E-state index in [0.717, 1.165) is 30.8 Å². The Kier molecular flexibility index (Phi) is 3.24. The summed E-state index contributed by atoms with van der Waals surface area (Å²) >= 11 is 0. The van der Waals surface area contributed by atoms with Crippen LogP contribution in [0.15, 0.2) is 6.20 Å². The lowest BCUT2D eigenvalue weighted by Crippen LogP contribution is -2.39. The molecular weight excluding hydrogens is 204 g/mol. The predicted octanol–water partition coefficient (Wildman–Crippen LogP) is 0.133. The van der Waals surface area contributed by atoms with Crippen LogP contribution >= 0.6 is 0 Å². The molecule has 0 fully saturated rings. The quantitative estimate of drug-likeness (QED) is 0.764. The number of carbonyl (C=O) groups is 1. The Balaban J connectivity index is 2.14. The van der Waals surface area contributed by atoms with E-state index in [9.17, 15) is 4.79 Å². The van der Waals surface area contributed by atoms with Crippen LogP contribution in [-0.4, -0.2) is 28.8 Å². The number of hydrogen-bond acceptors (Lipinski definition) is 3. The number of fused-ring (bicyclic) bond motifs is 1. The third kappa shape index (κ3) is 2.09. The molecule has 0 saturated heterocycles. The highest BCUT2D eigenvalue weighted by atomic mass is 16.1. The summed E-state index contributed by atoms with van der Waals surface area (Å²) in [6, 6.07) is 0. The van der Waals surface area contributed by atoms with Crippen LogP contribution in [0, 0.1) is 0 Å². The number of aryl methyl sites for hydroxylation is 1. The lowest BCUT2D eigenvalue weighted by atomic mass is 9.97. The van der Waals surface area contributed by atoms with E-state index in [1.165, 1.54) is 0 Å². The molecule has 0 bridgehead atoms. The predicted molar refractivity (Wildman–Crippen MR) is 61.0 cm³/mol. The van der Waals surface area contributed by atoms with Gasteiger partial charge >= 0.3 is 0 Å². The molecule has 0 aromatic carbocycles. The standard InChI is InChI=1S/C11H18N4O/c1-3-4-13-11(16)9-6-12-5-8-7-15(2)14-10(8)9/h7,9,12H,3-6H2,1-2H3,(H,13,16). The van der Waals surface area contributed by atoms with E-state index >= 15 is 0 Å². The van der Waals surface area contributed by atoms with Crippen molar-refractivity contribution in [3.63, 3.8) is 0 Å². The molecule has 1 aromatic rings. The van der Waals surface area contributed by atoms with Gasteiger partial charge in [0.05, 0.1) is 11.6 Å². The highest BCUT2D eigenvalue weighted by Crippen LogP contribution is 2.22. The first-order valence-corrected chi connectivity index (χ1v) is 5.73. The van der Waals surface area contributed by atoms with E-state index in [2.05, 4.69) is 15.7 Å². The van der Waals surface area contributed by atoms with E-state index < -0.39 is 0 Å². The maximum Gasteiger partial charge on any atom is 0.230 e. The summed E-state index contributed by atoms with van der Waals surface area (Å²) in [6.45, 7) is 4.27. The minimum absolute atomic E-state index is 0.0778. The summed E-state index contributed by atoms with van der Waals surface area (Å²) < 4.78 is 1.78. The van der Waals surface area contributed by atoms with E-state index in [-0.39, 0.29) is 11.8 Å². The summed E-state index contributed by atoms with van der Waals surface area (Å²) in [6.07, 6.45) is 2.93. The molecule has 0 spiro atoms. The Labute approximate surface area is 95.2 Å². The zero-order chi connectivity index (χ0) is 11.5. The molecule has 5 heteroatoms. The van der Waals surface area contributed by atoms with Gasteiger partial charge in [-0.3, -0.25) is 9.48 Å². The third-order valence-electron chi connectivity index (χ3n) is 2.80. The minimum atomic E-state index is -0.142. The fourth-order valence-electron chi connectivity index (χ4n) is 2.02. The molecule has 1 unspecified atom stereocenters. The summed E-state index contributed by atoms with van der Waals surface area (Å²) in [7, 11) is 1.89.